The van der Waals surface area contributed by atoms with Gasteiger partial charge < -0.3 is 10.8 Å². The van der Waals surface area contributed by atoms with E-state index in [0.29, 0.717) is 44.6 Å². The standard InChI is InChI=1S/C21H18N8O/c1-28-24-11-18(27-28)16-8-9-17-21(25-16)29(14-6-4-13(12-30)5-7-14)20(26-17)15-3-2-10-23-19(15)22/h2-11,30H,12H2,1H3,(H2,22,23)/i1D3. The smallest absolute Gasteiger partial charge is 0.165 e. The van der Waals surface area contributed by atoms with Gasteiger partial charge in [0, 0.05) is 23.0 Å². The summed E-state index contributed by atoms with van der Waals surface area (Å²) in [7, 11) is 0. The molecule has 9 heteroatoms. The highest BCUT2D eigenvalue weighted by atomic mass is 16.3. The third kappa shape index (κ3) is 2.97. The van der Waals surface area contributed by atoms with Gasteiger partial charge in [0.15, 0.2) is 11.5 Å². The highest BCUT2D eigenvalue weighted by Gasteiger charge is 2.19. The maximum atomic E-state index is 9.41. The molecule has 0 fully saturated rings. The van der Waals surface area contributed by atoms with Crippen LogP contribution in [0.1, 0.15) is 9.68 Å². The van der Waals surface area contributed by atoms with E-state index in [1.165, 1.54) is 6.20 Å². The number of nitrogens with zero attached hydrogens (tertiary/aromatic N) is 7. The van der Waals surface area contributed by atoms with Crippen LogP contribution in [-0.2, 0) is 13.6 Å². The number of benzene rings is 1. The summed E-state index contributed by atoms with van der Waals surface area (Å²) in [4.78, 5) is 14.3. The number of hydrogen-bond donors (Lipinski definition) is 2. The molecule has 4 heterocycles. The van der Waals surface area contributed by atoms with Crippen molar-refractivity contribution in [3.05, 3.63) is 66.5 Å². The molecule has 0 aliphatic heterocycles. The van der Waals surface area contributed by atoms with Crippen LogP contribution >= 0.6 is 0 Å². The number of fused-ring (bicyclic) bond motifs is 1. The Morgan fingerprint density at radius 1 is 1.07 bits per heavy atom. The molecule has 1 aromatic carbocycles. The number of hydrogen-bond acceptors (Lipinski definition) is 7. The molecule has 5 aromatic rings. The lowest BCUT2D eigenvalue weighted by Gasteiger charge is -2.11. The zero-order valence-electron chi connectivity index (χ0n) is 18.6. The normalized spacial score (nSPS) is 13.2. The van der Waals surface area contributed by atoms with E-state index in [0.717, 1.165) is 11.3 Å². The minimum Gasteiger partial charge on any atom is -0.392 e. The predicted molar refractivity (Wildman–Crippen MR) is 112 cm³/mol. The number of aliphatic hydroxyl groups excluding tert-OH is 1. The van der Waals surface area contributed by atoms with Gasteiger partial charge in [-0.15, -0.1) is 0 Å². The van der Waals surface area contributed by atoms with E-state index in [9.17, 15) is 5.11 Å². The second kappa shape index (κ2) is 7.05. The molecule has 148 valence electrons. The Bertz CT molecular complexity index is 1460. The summed E-state index contributed by atoms with van der Waals surface area (Å²) >= 11 is 0. The molecule has 3 N–H and O–H groups in total. The third-order valence-electron chi connectivity index (χ3n) is 4.72. The monoisotopic (exact) mass is 401 g/mol. The number of aromatic nitrogens is 7. The average molecular weight is 401 g/mol. The maximum Gasteiger partial charge on any atom is 0.165 e. The summed E-state index contributed by atoms with van der Waals surface area (Å²) in [5, 5.41) is 17.3. The Balaban J connectivity index is 1.74. The first kappa shape index (κ1) is 14.8. The number of rotatable bonds is 4. The van der Waals surface area contributed by atoms with Crippen molar-refractivity contribution in [1.82, 2.24) is 34.5 Å². The summed E-state index contributed by atoms with van der Waals surface area (Å²) in [6.07, 6.45) is 2.96. The Labute approximate surface area is 175 Å². The van der Waals surface area contributed by atoms with Crippen LogP contribution in [0.25, 0.3) is 39.6 Å². The SMILES string of the molecule is [2H]C([2H])([2H])n1ncc(-c2ccc3nc(-c4cccnc4N)n(-c4ccc(CO)cc4)c3n2)n1. The molecule has 4 aromatic heterocycles. The first-order chi connectivity index (χ1) is 15.8. The zero-order chi connectivity index (χ0) is 23.2. The van der Waals surface area contributed by atoms with Crippen LogP contribution < -0.4 is 5.73 Å². The molecule has 0 bridgehead atoms. The van der Waals surface area contributed by atoms with Crippen molar-refractivity contribution in [2.75, 3.05) is 5.73 Å². The minimum absolute atomic E-state index is 0.0745. The summed E-state index contributed by atoms with van der Waals surface area (Å²) in [6.45, 7) is -2.56. The van der Waals surface area contributed by atoms with Gasteiger partial charge in [0.25, 0.3) is 0 Å². The zero-order valence-corrected chi connectivity index (χ0v) is 15.6. The molecule has 0 saturated heterocycles. The van der Waals surface area contributed by atoms with Gasteiger partial charge in [0.05, 0.1) is 24.1 Å². The molecule has 0 amide bonds. The number of nitrogens with two attached hydrogens (primary N) is 1. The Morgan fingerprint density at radius 2 is 1.93 bits per heavy atom. The number of aryl methyl sites for hydroxylation is 1. The van der Waals surface area contributed by atoms with Crippen LogP contribution in [0.15, 0.2) is 60.9 Å². The van der Waals surface area contributed by atoms with E-state index >= 15 is 0 Å². The van der Waals surface area contributed by atoms with Crippen molar-refractivity contribution >= 4 is 17.0 Å². The van der Waals surface area contributed by atoms with Crippen molar-refractivity contribution in [3.8, 4) is 28.5 Å². The van der Waals surface area contributed by atoms with Crippen LogP contribution in [0.2, 0.25) is 0 Å². The van der Waals surface area contributed by atoms with Crippen LogP contribution in [0.3, 0.4) is 0 Å². The van der Waals surface area contributed by atoms with Gasteiger partial charge in [-0.05, 0) is 42.0 Å². The van der Waals surface area contributed by atoms with Gasteiger partial charge in [0.2, 0.25) is 0 Å². The fourth-order valence-corrected chi connectivity index (χ4v) is 3.26. The number of aliphatic hydroxyl groups is 1. The summed E-state index contributed by atoms with van der Waals surface area (Å²) in [5.74, 6) is 0.866. The van der Waals surface area contributed by atoms with Crippen molar-refractivity contribution < 1.29 is 9.22 Å². The molecule has 0 spiro atoms. The van der Waals surface area contributed by atoms with Crippen LogP contribution in [0, 0.1) is 0 Å². The second-order valence-electron chi connectivity index (χ2n) is 6.59. The largest absolute Gasteiger partial charge is 0.392 e. The van der Waals surface area contributed by atoms with Gasteiger partial charge in [-0.1, -0.05) is 12.1 Å². The molecule has 5 rings (SSSR count). The lowest BCUT2D eigenvalue weighted by Crippen LogP contribution is -2.02. The molecular formula is C21H18N8O. The van der Waals surface area contributed by atoms with Crippen molar-refractivity contribution in [2.45, 2.75) is 6.61 Å². The summed E-state index contributed by atoms with van der Waals surface area (Å²) in [6, 6.07) is 14.4. The Hall–Kier alpha value is -4.11. The number of anilines is 1. The van der Waals surface area contributed by atoms with Crippen molar-refractivity contribution in [3.63, 3.8) is 0 Å². The third-order valence-corrected chi connectivity index (χ3v) is 4.72. The van der Waals surface area contributed by atoms with Crippen molar-refractivity contribution in [2.24, 2.45) is 6.98 Å². The summed E-state index contributed by atoms with van der Waals surface area (Å²) < 4.78 is 24.3. The van der Waals surface area contributed by atoms with E-state index in [4.69, 9.17) is 19.8 Å². The number of nitrogen functional groups attached to an aromatic ring is 1. The Kier molecular flexibility index (Phi) is 3.48. The Morgan fingerprint density at radius 3 is 2.67 bits per heavy atom. The van der Waals surface area contributed by atoms with Gasteiger partial charge in [-0.2, -0.15) is 15.0 Å². The first-order valence-electron chi connectivity index (χ1n) is 10.6. The molecule has 0 atom stereocenters. The van der Waals surface area contributed by atoms with E-state index in [1.807, 2.05) is 34.9 Å². The molecular weight excluding hydrogens is 380 g/mol. The lowest BCUT2D eigenvalue weighted by atomic mass is 10.2. The first-order valence-corrected chi connectivity index (χ1v) is 9.09. The maximum absolute atomic E-state index is 9.41. The van der Waals surface area contributed by atoms with E-state index < -0.39 is 6.98 Å². The van der Waals surface area contributed by atoms with Crippen LogP contribution in [0.5, 0.6) is 0 Å². The number of pyridine rings is 2. The van der Waals surface area contributed by atoms with Gasteiger partial charge in [-0.3, -0.25) is 4.57 Å². The predicted octanol–water partition coefficient (Wildman–Crippen LogP) is 2.35. The second-order valence-corrected chi connectivity index (χ2v) is 6.59. The minimum atomic E-state index is -2.48. The topological polar surface area (TPSA) is 121 Å². The van der Waals surface area contributed by atoms with E-state index in [-0.39, 0.29) is 6.61 Å². The van der Waals surface area contributed by atoms with Gasteiger partial charge >= 0.3 is 0 Å². The molecule has 0 aliphatic rings. The van der Waals surface area contributed by atoms with E-state index in [1.54, 1.807) is 24.4 Å². The number of imidazole rings is 1. The fraction of sp³-hybridized carbons (Fsp3) is 0.0952. The molecule has 30 heavy (non-hydrogen) atoms. The average Bonchev–Trinajstić information content (AvgIpc) is 3.44. The van der Waals surface area contributed by atoms with Crippen molar-refractivity contribution in [1.29, 1.82) is 0 Å². The van der Waals surface area contributed by atoms with Crippen LogP contribution in [0.4, 0.5) is 5.82 Å². The van der Waals surface area contributed by atoms with Gasteiger partial charge in [-0.25, -0.2) is 15.0 Å². The highest BCUT2D eigenvalue weighted by molar-refractivity contribution is 5.84. The van der Waals surface area contributed by atoms with Gasteiger partial charge in [0.1, 0.15) is 17.0 Å². The molecule has 0 aliphatic carbocycles. The molecule has 9 nitrogen and oxygen atoms in total. The van der Waals surface area contributed by atoms with Crippen LogP contribution in [-0.4, -0.2) is 39.6 Å². The molecule has 0 radical (unpaired) electrons. The van der Waals surface area contributed by atoms with E-state index in [2.05, 4.69) is 15.2 Å². The molecule has 0 saturated carbocycles. The molecule has 0 unspecified atom stereocenters. The quantitative estimate of drug-likeness (QED) is 0.474. The lowest BCUT2D eigenvalue weighted by molar-refractivity contribution is 0.282. The summed E-state index contributed by atoms with van der Waals surface area (Å²) in [5.41, 5.74) is 10.2. The fourth-order valence-electron chi connectivity index (χ4n) is 3.26. The highest BCUT2D eigenvalue weighted by Crippen LogP contribution is 2.31.